The average Bonchev–Trinajstić information content (AvgIpc) is 2.46. The first-order chi connectivity index (χ1) is 10.3. The number of likely N-dealkylation sites (N-methyl/N-ethyl adjacent to an activating group) is 1. The number of rotatable bonds is 4. The number of benzene rings is 1. The normalized spacial score (nSPS) is 19.5. The lowest BCUT2D eigenvalue weighted by molar-refractivity contribution is -0.393. The van der Waals surface area contributed by atoms with E-state index in [0.29, 0.717) is 18.2 Å². The Bertz CT molecular complexity index is 590. The zero-order valence-corrected chi connectivity index (χ0v) is 12.9. The fourth-order valence-electron chi connectivity index (χ4n) is 2.84. The van der Waals surface area contributed by atoms with Gasteiger partial charge < -0.3 is 9.80 Å². The van der Waals surface area contributed by atoms with E-state index in [1.807, 2.05) is 11.9 Å². The highest BCUT2D eigenvalue weighted by Crippen LogP contribution is 2.35. The Kier molecular flexibility index (Phi) is 4.60. The molecule has 0 aliphatic carbocycles. The van der Waals surface area contributed by atoms with Crippen LogP contribution in [0, 0.1) is 26.1 Å². The molecule has 22 heavy (non-hydrogen) atoms. The topological polar surface area (TPSA) is 92.8 Å². The molecule has 1 heterocycles. The third-order valence-electron chi connectivity index (χ3n) is 4.07. The van der Waals surface area contributed by atoms with Gasteiger partial charge in [0.05, 0.1) is 15.9 Å². The molecule has 8 heteroatoms. The molecule has 1 aliphatic rings. The van der Waals surface area contributed by atoms with E-state index < -0.39 is 9.85 Å². The molecule has 0 amide bonds. The molecule has 1 fully saturated rings. The Balaban J connectivity index is 2.45. The van der Waals surface area contributed by atoms with Gasteiger partial charge in [-0.05, 0) is 19.0 Å². The monoisotopic (exact) mass is 308 g/mol. The van der Waals surface area contributed by atoms with E-state index in [9.17, 15) is 20.2 Å². The van der Waals surface area contributed by atoms with Crippen LogP contribution in [0.2, 0.25) is 0 Å². The zero-order chi connectivity index (χ0) is 16.4. The Labute approximate surface area is 128 Å². The second-order valence-electron chi connectivity index (χ2n) is 5.95. The Morgan fingerprint density at radius 2 is 1.86 bits per heavy atom. The molecule has 0 radical (unpaired) electrons. The summed E-state index contributed by atoms with van der Waals surface area (Å²) < 4.78 is 0. The van der Waals surface area contributed by atoms with Gasteiger partial charge in [-0.2, -0.15) is 0 Å². The van der Waals surface area contributed by atoms with Gasteiger partial charge in [-0.15, -0.1) is 0 Å². The number of hydrogen-bond donors (Lipinski definition) is 0. The summed E-state index contributed by atoms with van der Waals surface area (Å²) in [6.07, 6.45) is 0. The van der Waals surface area contributed by atoms with Gasteiger partial charge in [-0.3, -0.25) is 20.2 Å². The minimum Gasteiger partial charge on any atom is -0.360 e. The molecule has 2 rings (SSSR count). The molecule has 0 saturated carbocycles. The van der Waals surface area contributed by atoms with Crippen LogP contribution in [-0.4, -0.2) is 47.5 Å². The number of anilines is 1. The van der Waals surface area contributed by atoms with Gasteiger partial charge in [0.25, 0.3) is 11.4 Å². The van der Waals surface area contributed by atoms with Gasteiger partial charge in [0, 0.05) is 31.7 Å². The number of nitrogens with zero attached hydrogens (tertiary/aromatic N) is 4. The summed E-state index contributed by atoms with van der Waals surface area (Å²) in [6, 6.07) is 4.01. The van der Waals surface area contributed by atoms with E-state index in [1.54, 1.807) is 0 Å². The van der Waals surface area contributed by atoms with Crippen molar-refractivity contribution >= 4 is 17.1 Å². The third kappa shape index (κ3) is 3.16. The second kappa shape index (κ2) is 6.27. The largest absolute Gasteiger partial charge is 0.360 e. The van der Waals surface area contributed by atoms with Gasteiger partial charge in [0.1, 0.15) is 5.69 Å². The van der Waals surface area contributed by atoms with Crippen molar-refractivity contribution in [3.05, 3.63) is 38.4 Å². The van der Waals surface area contributed by atoms with Crippen LogP contribution in [0.5, 0.6) is 0 Å². The summed E-state index contributed by atoms with van der Waals surface area (Å²) in [7, 11) is 2.02. The van der Waals surface area contributed by atoms with E-state index in [1.165, 1.54) is 12.1 Å². The van der Waals surface area contributed by atoms with Crippen molar-refractivity contribution in [2.75, 3.05) is 31.6 Å². The van der Waals surface area contributed by atoms with Crippen molar-refractivity contribution in [1.29, 1.82) is 0 Å². The summed E-state index contributed by atoms with van der Waals surface area (Å²) in [5.41, 5.74) is -0.00234. The molecule has 1 aromatic carbocycles. The van der Waals surface area contributed by atoms with Gasteiger partial charge >= 0.3 is 0 Å². The van der Waals surface area contributed by atoms with Crippen LogP contribution in [0.4, 0.5) is 17.1 Å². The summed E-state index contributed by atoms with van der Waals surface area (Å²) in [6.45, 7) is 6.43. The lowest BCUT2D eigenvalue weighted by Crippen LogP contribution is -2.54. The standard InChI is InChI=1S/C14H20N4O4/c1-10(2)14-9-15(3)6-7-16(14)12-5-4-11(17(19)20)8-13(12)18(21)22/h4-5,8,10,14H,6-7,9H2,1-3H3. The smallest absolute Gasteiger partial charge is 0.299 e. The van der Waals surface area contributed by atoms with Crippen LogP contribution < -0.4 is 4.90 Å². The SMILES string of the molecule is CC(C)C1CN(C)CCN1c1ccc([N+](=O)[O-])cc1[N+](=O)[O-]. The van der Waals surface area contributed by atoms with Gasteiger partial charge in [0.2, 0.25) is 0 Å². The molecule has 0 spiro atoms. The van der Waals surface area contributed by atoms with Crippen LogP contribution in [0.1, 0.15) is 13.8 Å². The van der Waals surface area contributed by atoms with E-state index in [-0.39, 0.29) is 17.4 Å². The highest BCUT2D eigenvalue weighted by atomic mass is 16.6. The maximum Gasteiger partial charge on any atom is 0.299 e. The Hall–Kier alpha value is -2.22. The van der Waals surface area contributed by atoms with Crippen molar-refractivity contribution < 1.29 is 9.85 Å². The predicted molar refractivity (Wildman–Crippen MR) is 83.2 cm³/mol. The van der Waals surface area contributed by atoms with E-state index in [0.717, 1.165) is 19.2 Å². The molecular formula is C14H20N4O4. The van der Waals surface area contributed by atoms with Gasteiger partial charge in [-0.1, -0.05) is 13.8 Å². The van der Waals surface area contributed by atoms with Crippen molar-refractivity contribution in [3.8, 4) is 0 Å². The van der Waals surface area contributed by atoms with Crippen LogP contribution >= 0.6 is 0 Å². The second-order valence-corrected chi connectivity index (χ2v) is 5.95. The van der Waals surface area contributed by atoms with Crippen molar-refractivity contribution in [2.45, 2.75) is 19.9 Å². The number of hydrogen-bond acceptors (Lipinski definition) is 6. The summed E-state index contributed by atoms with van der Waals surface area (Å²) >= 11 is 0. The molecule has 1 atom stereocenters. The minimum atomic E-state index is -0.610. The maximum absolute atomic E-state index is 11.3. The molecule has 1 unspecified atom stereocenters. The average molecular weight is 308 g/mol. The summed E-state index contributed by atoms with van der Waals surface area (Å²) in [4.78, 5) is 25.2. The number of nitro groups is 2. The van der Waals surface area contributed by atoms with E-state index in [2.05, 4.69) is 18.7 Å². The summed E-state index contributed by atoms with van der Waals surface area (Å²) in [5.74, 6) is 0.317. The van der Waals surface area contributed by atoms with Crippen molar-refractivity contribution in [3.63, 3.8) is 0 Å². The molecule has 1 aromatic rings. The molecule has 0 N–H and O–H groups in total. The van der Waals surface area contributed by atoms with Crippen LogP contribution in [0.3, 0.4) is 0 Å². The molecule has 1 aliphatic heterocycles. The van der Waals surface area contributed by atoms with Crippen LogP contribution in [0.25, 0.3) is 0 Å². The van der Waals surface area contributed by atoms with Crippen molar-refractivity contribution in [2.24, 2.45) is 5.92 Å². The van der Waals surface area contributed by atoms with Crippen LogP contribution in [0.15, 0.2) is 18.2 Å². The zero-order valence-electron chi connectivity index (χ0n) is 12.9. The maximum atomic E-state index is 11.3. The quantitative estimate of drug-likeness (QED) is 0.626. The van der Waals surface area contributed by atoms with Gasteiger partial charge in [0.15, 0.2) is 0 Å². The first-order valence-corrected chi connectivity index (χ1v) is 7.19. The van der Waals surface area contributed by atoms with Crippen LogP contribution in [-0.2, 0) is 0 Å². The van der Waals surface area contributed by atoms with Gasteiger partial charge in [-0.25, -0.2) is 0 Å². The first kappa shape index (κ1) is 16.2. The molecule has 8 nitrogen and oxygen atoms in total. The number of piperazine rings is 1. The molecule has 0 aromatic heterocycles. The third-order valence-corrected chi connectivity index (χ3v) is 4.07. The number of nitro benzene ring substituents is 2. The first-order valence-electron chi connectivity index (χ1n) is 7.19. The lowest BCUT2D eigenvalue weighted by atomic mass is 9.98. The molecule has 1 saturated heterocycles. The van der Waals surface area contributed by atoms with E-state index in [4.69, 9.17) is 0 Å². The minimum absolute atomic E-state index is 0.138. The highest BCUT2D eigenvalue weighted by molar-refractivity contribution is 5.67. The fourth-order valence-corrected chi connectivity index (χ4v) is 2.84. The molecule has 120 valence electrons. The lowest BCUT2D eigenvalue weighted by Gasteiger charge is -2.43. The predicted octanol–water partition coefficient (Wildman–Crippen LogP) is 2.28. The number of non-ortho nitro benzene ring substituents is 1. The Morgan fingerprint density at radius 3 is 2.41 bits per heavy atom. The van der Waals surface area contributed by atoms with Crippen molar-refractivity contribution in [1.82, 2.24) is 4.90 Å². The molecule has 0 bridgehead atoms. The Morgan fingerprint density at radius 1 is 1.18 bits per heavy atom. The fraction of sp³-hybridized carbons (Fsp3) is 0.571. The van der Waals surface area contributed by atoms with E-state index >= 15 is 0 Å². The molecular weight excluding hydrogens is 288 g/mol. The highest BCUT2D eigenvalue weighted by Gasteiger charge is 2.32. The summed E-state index contributed by atoms with van der Waals surface area (Å²) in [5, 5.41) is 22.2.